The van der Waals surface area contributed by atoms with Crippen LogP contribution in [0.4, 0.5) is 20.7 Å². The molecule has 3 N–H and O–H groups in total. The van der Waals surface area contributed by atoms with Gasteiger partial charge in [0, 0.05) is 10.8 Å². The largest absolute Gasteiger partial charge is 0.394 e. The first-order chi connectivity index (χ1) is 14.0. The summed E-state index contributed by atoms with van der Waals surface area (Å²) < 4.78 is 53.0. The van der Waals surface area contributed by atoms with Crippen LogP contribution in [0.5, 0.6) is 0 Å². The van der Waals surface area contributed by atoms with Crippen LogP contribution in [0.25, 0.3) is 0 Å². The molecule has 0 fully saturated rings. The average Bonchev–Trinajstić information content (AvgIpc) is 2.61. The molecule has 2 rings (SSSR count). The SMILES string of the molecule is CC(C)C[C@H](CO)Nc1nc(NS(C)(=O)=O)nc(S[C@@H](C)c2cc(F)ccc2F)n1. The van der Waals surface area contributed by atoms with Crippen LogP contribution in [-0.4, -0.2) is 47.4 Å². The van der Waals surface area contributed by atoms with Gasteiger partial charge in [-0.1, -0.05) is 25.6 Å². The first-order valence-corrected chi connectivity index (χ1v) is 12.0. The van der Waals surface area contributed by atoms with Gasteiger partial charge in [-0.15, -0.1) is 0 Å². The van der Waals surface area contributed by atoms with Crippen LogP contribution in [0.3, 0.4) is 0 Å². The smallest absolute Gasteiger partial charge is 0.242 e. The maximum atomic E-state index is 14.1. The number of nitrogens with zero attached hydrogens (tertiary/aromatic N) is 3. The van der Waals surface area contributed by atoms with Crippen LogP contribution in [0.1, 0.15) is 38.0 Å². The van der Waals surface area contributed by atoms with E-state index >= 15 is 0 Å². The highest BCUT2D eigenvalue weighted by molar-refractivity contribution is 7.99. The molecule has 0 bridgehead atoms. The molecule has 2 atom stereocenters. The van der Waals surface area contributed by atoms with Crippen LogP contribution in [-0.2, 0) is 10.0 Å². The Kier molecular flexibility index (Phi) is 8.33. The summed E-state index contributed by atoms with van der Waals surface area (Å²) in [5.74, 6) is -1.02. The fourth-order valence-electron chi connectivity index (χ4n) is 2.66. The number of nitrogens with one attached hydrogen (secondary N) is 2. The van der Waals surface area contributed by atoms with Gasteiger partial charge in [0.25, 0.3) is 0 Å². The van der Waals surface area contributed by atoms with Crippen LogP contribution in [0, 0.1) is 17.6 Å². The molecule has 2 aromatic rings. The number of hydrogen-bond acceptors (Lipinski definition) is 8. The number of aliphatic hydroxyl groups excluding tert-OH is 1. The number of hydrogen-bond donors (Lipinski definition) is 3. The standard InChI is InChI=1S/C18H25F2N5O3S2/c1-10(2)7-13(9-26)21-16-22-17(25-30(4,27)28)24-18(23-16)29-11(3)14-8-12(19)5-6-15(14)20/h5-6,8,10-11,13,26H,7,9H2,1-4H3,(H2,21,22,23,24,25)/t11-,13+/m0/s1. The molecule has 0 amide bonds. The topological polar surface area (TPSA) is 117 Å². The Bertz CT molecular complexity index is 976. The number of anilines is 2. The van der Waals surface area contributed by atoms with Gasteiger partial charge in [-0.25, -0.2) is 17.2 Å². The third-order valence-corrected chi connectivity index (χ3v) is 5.43. The quantitative estimate of drug-likeness (QED) is 0.462. The molecule has 166 valence electrons. The number of rotatable bonds is 10. The van der Waals surface area contributed by atoms with E-state index in [4.69, 9.17) is 0 Å². The average molecular weight is 462 g/mol. The van der Waals surface area contributed by atoms with Gasteiger partial charge in [0.1, 0.15) is 11.6 Å². The molecule has 30 heavy (non-hydrogen) atoms. The molecular weight excluding hydrogens is 436 g/mol. The molecule has 0 radical (unpaired) electrons. The van der Waals surface area contributed by atoms with E-state index in [1.54, 1.807) is 6.92 Å². The summed E-state index contributed by atoms with van der Waals surface area (Å²) in [4.78, 5) is 12.3. The van der Waals surface area contributed by atoms with Crippen molar-refractivity contribution in [2.75, 3.05) is 22.9 Å². The normalized spacial score (nSPS) is 13.9. The van der Waals surface area contributed by atoms with E-state index in [1.807, 2.05) is 13.8 Å². The molecule has 0 saturated carbocycles. The predicted octanol–water partition coefficient (Wildman–Crippen LogP) is 3.19. The van der Waals surface area contributed by atoms with E-state index in [0.717, 1.165) is 36.2 Å². The Balaban J connectivity index is 2.34. The first kappa shape index (κ1) is 24.2. The molecule has 1 aromatic carbocycles. The van der Waals surface area contributed by atoms with Crippen LogP contribution < -0.4 is 10.0 Å². The van der Waals surface area contributed by atoms with Gasteiger partial charge in [0.05, 0.1) is 18.9 Å². The summed E-state index contributed by atoms with van der Waals surface area (Å²) in [5.41, 5.74) is 0.126. The van der Waals surface area contributed by atoms with Crippen LogP contribution in [0.2, 0.25) is 0 Å². The van der Waals surface area contributed by atoms with Crippen molar-refractivity contribution in [3.05, 3.63) is 35.4 Å². The highest BCUT2D eigenvalue weighted by Crippen LogP contribution is 2.35. The fraction of sp³-hybridized carbons (Fsp3) is 0.500. The number of halogens is 2. The second-order valence-electron chi connectivity index (χ2n) is 7.22. The van der Waals surface area contributed by atoms with Crippen molar-refractivity contribution in [2.45, 2.75) is 43.6 Å². The van der Waals surface area contributed by atoms with E-state index in [0.29, 0.717) is 6.42 Å². The monoisotopic (exact) mass is 461 g/mol. The lowest BCUT2D eigenvalue weighted by Crippen LogP contribution is -2.27. The van der Waals surface area contributed by atoms with E-state index in [2.05, 4.69) is 25.0 Å². The lowest BCUT2D eigenvalue weighted by molar-refractivity contribution is 0.259. The Morgan fingerprint density at radius 1 is 1.13 bits per heavy atom. The number of sulfonamides is 1. The molecule has 1 heterocycles. The summed E-state index contributed by atoms with van der Waals surface area (Å²) in [6, 6.07) is 2.80. The Morgan fingerprint density at radius 3 is 2.40 bits per heavy atom. The van der Waals surface area contributed by atoms with Crippen molar-refractivity contribution in [3.63, 3.8) is 0 Å². The Hall–Kier alpha value is -2.05. The zero-order chi connectivity index (χ0) is 22.5. The van der Waals surface area contributed by atoms with Gasteiger partial charge >= 0.3 is 0 Å². The van der Waals surface area contributed by atoms with Gasteiger partial charge in [-0.05, 0) is 37.5 Å². The second-order valence-corrected chi connectivity index (χ2v) is 10.3. The number of benzene rings is 1. The maximum absolute atomic E-state index is 14.1. The van der Waals surface area contributed by atoms with Gasteiger partial charge in [0.15, 0.2) is 5.16 Å². The number of thioether (sulfide) groups is 1. The molecule has 1 aromatic heterocycles. The van der Waals surface area contributed by atoms with E-state index in [1.165, 1.54) is 0 Å². The summed E-state index contributed by atoms with van der Waals surface area (Å²) in [5, 5.41) is 12.1. The summed E-state index contributed by atoms with van der Waals surface area (Å²) in [6.45, 7) is 5.46. The lowest BCUT2D eigenvalue weighted by Gasteiger charge is -2.19. The number of aromatic nitrogens is 3. The molecular formula is C18H25F2N5O3S2. The van der Waals surface area contributed by atoms with Gasteiger partial charge in [0.2, 0.25) is 21.9 Å². The molecule has 0 unspecified atom stereocenters. The van der Waals surface area contributed by atoms with Crippen molar-refractivity contribution in [1.82, 2.24) is 15.0 Å². The Labute approximate surface area is 179 Å². The fourth-order valence-corrected chi connectivity index (χ4v) is 3.99. The highest BCUT2D eigenvalue weighted by Gasteiger charge is 2.19. The third kappa shape index (κ3) is 7.65. The summed E-state index contributed by atoms with van der Waals surface area (Å²) >= 11 is 1.02. The lowest BCUT2D eigenvalue weighted by atomic mass is 10.0. The minimum atomic E-state index is -3.66. The highest BCUT2D eigenvalue weighted by atomic mass is 32.2. The van der Waals surface area contributed by atoms with Crippen LogP contribution in [0.15, 0.2) is 23.4 Å². The maximum Gasteiger partial charge on any atom is 0.242 e. The van der Waals surface area contributed by atoms with Crippen molar-refractivity contribution in [2.24, 2.45) is 5.92 Å². The second kappa shape index (κ2) is 10.3. The van der Waals surface area contributed by atoms with Crippen molar-refractivity contribution < 1.29 is 22.3 Å². The first-order valence-electron chi connectivity index (χ1n) is 9.19. The minimum Gasteiger partial charge on any atom is -0.394 e. The van der Waals surface area contributed by atoms with Crippen LogP contribution >= 0.6 is 11.8 Å². The van der Waals surface area contributed by atoms with Crippen molar-refractivity contribution in [1.29, 1.82) is 0 Å². The van der Waals surface area contributed by atoms with E-state index in [9.17, 15) is 22.3 Å². The van der Waals surface area contributed by atoms with Gasteiger partial charge < -0.3 is 10.4 Å². The van der Waals surface area contributed by atoms with E-state index < -0.39 is 26.9 Å². The molecule has 0 aliphatic carbocycles. The molecule has 0 spiro atoms. The summed E-state index contributed by atoms with van der Waals surface area (Å²) in [7, 11) is -3.66. The zero-order valence-electron chi connectivity index (χ0n) is 17.1. The molecule has 0 aliphatic heterocycles. The zero-order valence-corrected chi connectivity index (χ0v) is 18.7. The third-order valence-electron chi connectivity index (χ3n) is 3.88. The molecule has 0 saturated heterocycles. The molecule has 12 heteroatoms. The minimum absolute atomic E-state index is 0.0604. The predicted molar refractivity (Wildman–Crippen MR) is 113 cm³/mol. The van der Waals surface area contributed by atoms with Crippen molar-refractivity contribution >= 4 is 33.7 Å². The summed E-state index contributed by atoms with van der Waals surface area (Å²) in [6.07, 6.45) is 1.58. The number of aliphatic hydroxyl groups is 1. The molecule has 0 aliphatic rings. The van der Waals surface area contributed by atoms with Gasteiger partial charge in [-0.2, -0.15) is 15.0 Å². The molecule has 8 nitrogen and oxygen atoms in total. The Morgan fingerprint density at radius 2 is 1.80 bits per heavy atom. The van der Waals surface area contributed by atoms with E-state index in [-0.39, 0.29) is 41.2 Å². The van der Waals surface area contributed by atoms with Gasteiger partial charge in [-0.3, -0.25) is 4.72 Å². The van der Waals surface area contributed by atoms with Crippen molar-refractivity contribution in [3.8, 4) is 0 Å².